The first-order chi connectivity index (χ1) is 20.0. The minimum absolute atomic E-state index is 0.0327. The summed E-state index contributed by atoms with van der Waals surface area (Å²) in [5.74, 6) is 0.137. The fraction of sp³-hybridized carbons (Fsp3) is 0.457. The van der Waals surface area contributed by atoms with Crippen LogP contribution in [0.5, 0.6) is 0 Å². The largest absolute Gasteiger partial charge is 0.392 e. The van der Waals surface area contributed by atoms with Crippen LogP contribution in [0.25, 0.3) is 11.1 Å². The molecule has 41 heavy (non-hydrogen) atoms. The van der Waals surface area contributed by atoms with E-state index in [9.17, 15) is 9.90 Å². The van der Waals surface area contributed by atoms with Gasteiger partial charge in [-0.25, -0.2) is 0 Å². The molecule has 6 heteroatoms. The standard InChI is InChI=1S/C35H44N2O4/c1-25-33(23-37-20-8-4-3-5-9-21-37)40-35(41-34(25)29-14-12-27(24-38)13-15-29)30-18-16-28(17-19-30)32-11-7-6-10-31(32)22-36-26(2)39/h6-7,10-19,25,33-35,38H,3-5,8-9,20-24H2,1-2H3,(H,36,39)/t25-,33+,34+,35+/m1/s1. The minimum Gasteiger partial charge on any atom is -0.392 e. The van der Waals surface area contributed by atoms with Crippen LogP contribution in [-0.4, -0.2) is 41.7 Å². The summed E-state index contributed by atoms with van der Waals surface area (Å²) in [7, 11) is 0. The Morgan fingerprint density at radius 3 is 2.22 bits per heavy atom. The molecule has 5 rings (SSSR count). The van der Waals surface area contributed by atoms with Gasteiger partial charge in [0.05, 0.1) is 18.8 Å². The van der Waals surface area contributed by atoms with Crippen LogP contribution < -0.4 is 5.32 Å². The van der Waals surface area contributed by atoms with E-state index in [0.29, 0.717) is 6.54 Å². The van der Waals surface area contributed by atoms with Gasteiger partial charge in [-0.05, 0) is 53.7 Å². The van der Waals surface area contributed by atoms with E-state index in [1.165, 1.54) is 39.0 Å². The smallest absolute Gasteiger partial charge is 0.217 e. The zero-order chi connectivity index (χ0) is 28.6. The average molecular weight is 557 g/mol. The molecule has 2 aliphatic heterocycles. The van der Waals surface area contributed by atoms with Crippen molar-refractivity contribution >= 4 is 5.91 Å². The number of hydrogen-bond donors (Lipinski definition) is 2. The molecule has 2 N–H and O–H groups in total. The monoisotopic (exact) mass is 556 g/mol. The van der Waals surface area contributed by atoms with Crippen molar-refractivity contribution < 1.29 is 19.4 Å². The molecule has 0 aliphatic carbocycles. The van der Waals surface area contributed by atoms with Crippen LogP contribution in [0.15, 0.2) is 72.8 Å². The molecule has 0 bridgehead atoms. The molecule has 0 unspecified atom stereocenters. The number of aliphatic hydroxyl groups is 1. The molecule has 2 saturated heterocycles. The maximum atomic E-state index is 11.5. The molecule has 0 aromatic heterocycles. The summed E-state index contributed by atoms with van der Waals surface area (Å²) in [6.45, 7) is 7.46. The number of ether oxygens (including phenoxy) is 2. The number of nitrogens with zero attached hydrogens (tertiary/aromatic N) is 1. The highest BCUT2D eigenvalue weighted by molar-refractivity contribution is 5.74. The van der Waals surface area contributed by atoms with Gasteiger partial charge >= 0.3 is 0 Å². The molecule has 0 spiro atoms. The summed E-state index contributed by atoms with van der Waals surface area (Å²) < 4.78 is 13.4. The predicted octanol–water partition coefficient (Wildman–Crippen LogP) is 6.54. The van der Waals surface area contributed by atoms with E-state index < -0.39 is 6.29 Å². The lowest BCUT2D eigenvalue weighted by Crippen LogP contribution is -2.45. The fourth-order valence-electron chi connectivity index (χ4n) is 6.07. The second-order valence-corrected chi connectivity index (χ2v) is 11.6. The quantitative estimate of drug-likeness (QED) is 0.330. The van der Waals surface area contributed by atoms with E-state index in [1.54, 1.807) is 0 Å². The Balaban J connectivity index is 1.38. The number of carbonyl (C=O) groups is 1. The van der Waals surface area contributed by atoms with E-state index in [2.05, 4.69) is 65.7 Å². The number of rotatable bonds is 8. The van der Waals surface area contributed by atoms with Gasteiger partial charge in [-0.1, -0.05) is 99.0 Å². The van der Waals surface area contributed by atoms with Crippen molar-refractivity contribution in [3.05, 3.63) is 95.1 Å². The molecule has 0 saturated carbocycles. The Morgan fingerprint density at radius 2 is 1.54 bits per heavy atom. The third kappa shape index (κ3) is 7.63. The Bertz CT molecular complexity index is 1250. The van der Waals surface area contributed by atoms with Gasteiger partial charge in [0.2, 0.25) is 5.91 Å². The van der Waals surface area contributed by atoms with Crippen molar-refractivity contribution in [1.82, 2.24) is 10.2 Å². The van der Waals surface area contributed by atoms with Crippen LogP contribution in [0.4, 0.5) is 0 Å². The summed E-state index contributed by atoms with van der Waals surface area (Å²) in [4.78, 5) is 14.1. The van der Waals surface area contributed by atoms with Crippen molar-refractivity contribution in [3.8, 4) is 11.1 Å². The zero-order valence-corrected chi connectivity index (χ0v) is 24.4. The Hall–Kier alpha value is -3.03. The summed E-state index contributed by atoms with van der Waals surface area (Å²) in [6, 6.07) is 24.7. The molecule has 2 heterocycles. The molecule has 1 amide bonds. The molecule has 4 atom stereocenters. The molecular formula is C35H44N2O4. The molecule has 0 radical (unpaired) electrons. The van der Waals surface area contributed by atoms with E-state index in [-0.39, 0.29) is 30.6 Å². The fourth-order valence-corrected chi connectivity index (χ4v) is 6.07. The number of carbonyl (C=O) groups excluding carboxylic acids is 1. The lowest BCUT2D eigenvalue weighted by Gasteiger charge is -2.43. The van der Waals surface area contributed by atoms with Crippen LogP contribution in [0.2, 0.25) is 0 Å². The highest BCUT2D eigenvalue weighted by Gasteiger charge is 2.39. The second-order valence-electron chi connectivity index (χ2n) is 11.6. The molecule has 2 fully saturated rings. The summed E-state index contributed by atoms with van der Waals surface area (Å²) in [5, 5.41) is 12.5. The number of nitrogens with one attached hydrogen (secondary N) is 1. The van der Waals surface area contributed by atoms with E-state index in [0.717, 1.165) is 53.0 Å². The van der Waals surface area contributed by atoms with Crippen molar-refractivity contribution in [1.29, 1.82) is 0 Å². The molecule has 2 aliphatic rings. The van der Waals surface area contributed by atoms with Gasteiger partial charge in [-0.2, -0.15) is 0 Å². The average Bonchev–Trinajstić information content (AvgIpc) is 2.98. The van der Waals surface area contributed by atoms with E-state index >= 15 is 0 Å². The number of hydrogen-bond acceptors (Lipinski definition) is 5. The normalized spacial score (nSPS) is 23.9. The first kappa shape index (κ1) is 29.5. The molecule has 3 aromatic carbocycles. The summed E-state index contributed by atoms with van der Waals surface area (Å²) >= 11 is 0. The van der Waals surface area contributed by atoms with Gasteiger partial charge < -0.3 is 24.8 Å². The van der Waals surface area contributed by atoms with Gasteiger partial charge in [0, 0.05) is 31.5 Å². The zero-order valence-electron chi connectivity index (χ0n) is 24.4. The maximum Gasteiger partial charge on any atom is 0.217 e. The Labute approximate surface area is 244 Å². The predicted molar refractivity (Wildman–Crippen MR) is 162 cm³/mol. The topological polar surface area (TPSA) is 71.0 Å². The summed E-state index contributed by atoms with van der Waals surface area (Å²) in [6.07, 6.45) is 5.91. The Morgan fingerprint density at radius 1 is 0.878 bits per heavy atom. The van der Waals surface area contributed by atoms with Crippen LogP contribution in [-0.2, 0) is 27.4 Å². The second kappa shape index (κ2) is 14.2. The van der Waals surface area contributed by atoms with Gasteiger partial charge in [0.1, 0.15) is 0 Å². The highest BCUT2D eigenvalue weighted by atomic mass is 16.7. The maximum absolute atomic E-state index is 11.5. The summed E-state index contributed by atoms with van der Waals surface area (Å²) in [5.41, 5.74) is 6.28. The van der Waals surface area contributed by atoms with Crippen LogP contribution in [0.3, 0.4) is 0 Å². The number of likely N-dealkylation sites (tertiary alicyclic amines) is 1. The third-order valence-electron chi connectivity index (χ3n) is 8.55. The molecule has 218 valence electrons. The molecule has 3 aromatic rings. The minimum atomic E-state index is -0.475. The van der Waals surface area contributed by atoms with Gasteiger partial charge in [-0.15, -0.1) is 0 Å². The molecule has 6 nitrogen and oxygen atoms in total. The van der Waals surface area contributed by atoms with Crippen LogP contribution in [0, 0.1) is 5.92 Å². The first-order valence-corrected chi connectivity index (χ1v) is 15.2. The van der Waals surface area contributed by atoms with Crippen molar-refractivity contribution in [2.75, 3.05) is 19.6 Å². The van der Waals surface area contributed by atoms with Crippen molar-refractivity contribution in [3.63, 3.8) is 0 Å². The first-order valence-electron chi connectivity index (χ1n) is 15.2. The van der Waals surface area contributed by atoms with Crippen LogP contribution in [0.1, 0.15) is 80.6 Å². The third-order valence-corrected chi connectivity index (χ3v) is 8.55. The van der Waals surface area contributed by atoms with Gasteiger partial charge in [0.25, 0.3) is 0 Å². The Kier molecular flexibility index (Phi) is 10.2. The van der Waals surface area contributed by atoms with E-state index in [1.807, 2.05) is 24.3 Å². The number of amides is 1. The van der Waals surface area contributed by atoms with Crippen LogP contribution >= 0.6 is 0 Å². The van der Waals surface area contributed by atoms with Gasteiger partial charge in [-0.3, -0.25) is 4.79 Å². The molecular weight excluding hydrogens is 512 g/mol. The lowest BCUT2D eigenvalue weighted by atomic mass is 9.89. The lowest BCUT2D eigenvalue weighted by molar-refractivity contribution is -0.276. The SMILES string of the molecule is CC(=O)NCc1ccccc1-c1ccc([C@H]2O[C@@H](CN3CCCCCCC3)[C@@H](C)[C@@H](c3ccc(CO)cc3)O2)cc1. The number of benzene rings is 3. The highest BCUT2D eigenvalue weighted by Crippen LogP contribution is 2.42. The van der Waals surface area contributed by atoms with Gasteiger partial charge in [0.15, 0.2) is 6.29 Å². The van der Waals surface area contributed by atoms with Crippen molar-refractivity contribution in [2.45, 2.75) is 77.6 Å². The van der Waals surface area contributed by atoms with E-state index in [4.69, 9.17) is 9.47 Å². The van der Waals surface area contributed by atoms with Crippen molar-refractivity contribution in [2.24, 2.45) is 5.92 Å². The number of aliphatic hydroxyl groups excluding tert-OH is 1.